The summed E-state index contributed by atoms with van der Waals surface area (Å²) in [5, 5.41) is 0. The van der Waals surface area contributed by atoms with E-state index in [2.05, 4.69) is 22.5 Å². The van der Waals surface area contributed by atoms with E-state index in [0.29, 0.717) is 11.5 Å². The van der Waals surface area contributed by atoms with Crippen molar-refractivity contribution in [2.75, 3.05) is 7.11 Å². The summed E-state index contributed by atoms with van der Waals surface area (Å²) in [6.07, 6.45) is 0. The molecule has 122 valence electrons. The first-order valence-electron chi connectivity index (χ1n) is 7.39. The van der Waals surface area contributed by atoms with Crippen LogP contribution in [-0.4, -0.2) is 23.6 Å². The van der Waals surface area contributed by atoms with Crippen LogP contribution in [0, 0.1) is 0 Å². The lowest BCUT2D eigenvalue weighted by atomic mass is 9.99. The first kappa shape index (κ1) is 16.5. The molecule has 0 saturated carbocycles. The molecule has 0 fully saturated rings. The smallest absolute Gasteiger partial charge is 0.326 e. The predicted molar refractivity (Wildman–Crippen MR) is 96.1 cm³/mol. The highest BCUT2D eigenvalue weighted by molar-refractivity contribution is 9.10. The normalized spacial score (nSPS) is 20.9. The lowest BCUT2D eigenvalue weighted by Crippen LogP contribution is -2.40. The van der Waals surface area contributed by atoms with Crippen molar-refractivity contribution in [3.05, 3.63) is 84.1 Å². The molecule has 0 saturated heterocycles. The van der Waals surface area contributed by atoms with Crippen LogP contribution in [0.15, 0.2) is 78.0 Å². The van der Waals surface area contributed by atoms with E-state index in [4.69, 9.17) is 14.5 Å². The summed E-state index contributed by atoms with van der Waals surface area (Å²) in [6, 6.07) is 19.0. The van der Waals surface area contributed by atoms with Gasteiger partial charge in [0.1, 0.15) is 11.5 Å². The van der Waals surface area contributed by atoms with Gasteiger partial charge in [0.05, 0.1) is 7.11 Å². The van der Waals surface area contributed by atoms with Gasteiger partial charge in [-0.05, 0) is 0 Å². The van der Waals surface area contributed by atoms with Gasteiger partial charge >= 0.3 is 5.97 Å². The molecular weight excluding hydrogens is 370 g/mol. The molecule has 0 aromatic heterocycles. The third-order valence-corrected chi connectivity index (χ3v) is 4.80. The van der Waals surface area contributed by atoms with Crippen molar-refractivity contribution in [3.8, 4) is 0 Å². The zero-order chi connectivity index (χ0) is 17.2. The van der Waals surface area contributed by atoms with Crippen LogP contribution in [0.1, 0.15) is 11.1 Å². The Bertz CT molecular complexity index is 789. The minimum atomic E-state index is -1.25. The molecule has 2 unspecified atom stereocenters. The molecule has 1 aliphatic rings. The second-order valence-electron chi connectivity index (χ2n) is 5.30. The Balaban J connectivity index is 2.15. The maximum Gasteiger partial charge on any atom is 0.326 e. The molecule has 5 heteroatoms. The molecule has 0 radical (unpaired) electrons. The fourth-order valence-electron chi connectivity index (χ4n) is 2.63. The average molecular weight is 386 g/mol. The van der Waals surface area contributed by atoms with E-state index in [1.54, 1.807) is 0 Å². The number of benzene rings is 2. The maximum atomic E-state index is 12.2. The molecule has 1 aliphatic heterocycles. The number of allylic oxidation sites excluding steroid dienone is 1. The summed E-state index contributed by atoms with van der Waals surface area (Å²) in [7, 11) is 1.33. The summed E-state index contributed by atoms with van der Waals surface area (Å²) in [4.78, 5) is 16.1. The van der Waals surface area contributed by atoms with Crippen LogP contribution in [0.3, 0.4) is 0 Å². The van der Waals surface area contributed by atoms with Gasteiger partial charge in [0, 0.05) is 11.1 Å². The Kier molecular flexibility index (Phi) is 4.53. The zero-order valence-corrected chi connectivity index (χ0v) is 14.7. The highest BCUT2D eigenvalue weighted by Gasteiger charge is 2.51. The Labute approximate surface area is 148 Å². The van der Waals surface area contributed by atoms with E-state index >= 15 is 0 Å². The Morgan fingerprint density at radius 3 is 2.33 bits per heavy atom. The van der Waals surface area contributed by atoms with E-state index in [0.717, 1.165) is 11.1 Å². The molecule has 3 rings (SSSR count). The Hall–Kier alpha value is -2.40. The average Bonchev–Trinajstić information content (AvgIpc) is 3.00. The summed E-state index contributed by atoms with van der Waals surface area (Å²) in [6.45, 7) is 3.97. The van der Waals surface area contributed by atoms with Crippen LogP contribution >= 0.6 is 15.9 Å². The van der Waals surface area contributed by atoms with Crippen LogP contribution in [0.2, 0.25) is 0 Å². The topological polar surface area (TPSA) is 47.9 Å². The number of alkyl halides is 1. The summed E-state index contributed by atoms with van der Waals surface area (Å²) >= 11 is 3.40. The van der Waals surface area contributed by atoms with Gasteiger partial charge in [-0.1, -0.05) is 83.2 Å². The summed E-state index contributed by atoms with van der Waals surface area (Å²) in [5.41, 5.74) is 0.985. The van der Waals surface area contributed by atoms with Crippen LogP contribution in [0.5, 0.6) is 0 Å². The zero-order valence-electron chi connectivity index (χ0n) is 13.1. The molecule has 0 N–H and O–H groups in total. The monoisotopic (exact) mass is 385 g/mol. The Morgan fingerprint density at radius 1 is 1.17 bits per heavy atom. The molecule has 2 aromatic rings. The molecule has 1 heterocycles. The van der Waals surface area contributed by atoms with Gasteiger partial charge in [-0.15, -0.1) is 0 Å². The molecule has 0 amide bonds. The SMILES string of the molecule is C=C1OC(c2ccccc2)(C(Br)C(=O)OC)N=C1c1ccccc1. The highest BCUT2D eigenvalue weighted by atomic mass is 79.9. The van der Waals surface area contributed by atoms with E-state index in [1.807, 2.05) is 60.7 Å². The summed E-state index contributed by atoms with van der Waals surface area (Å²) < 4.78 is 10.9. The second kappa shape index (κ2) is 6.61. The third kappa shape index (κ3) is 2.76. The first-order chi connectivity index (χ1) is 11.6. The number of aliphatic imine (C=N–C) groups is 1. The van der Waals surface area contributed by atoms with Crippen LogP contribution in [0.4, 0.5) is 0 Å². The molecule has 2 atom stereocenters. The molecule has 24 heavy (non-hydrogen) atoms. The predicted octanol–water partition coefficient (Wildman–Crippen LogP) is 3.81. The number of esters is 1. The van der Waals surface area contributed by atoms with Crippen molar-refractivity contribution in [2.24, 2.45) is 4.99 Å². The van der Waals surface area contributed by atoms with Gasteiger partial charge in [-0.25, -0.2) is 4.99 Å². The standard InChI is InChI=1S/C19H16BrNO3/c1-13-16(14-9-5-3-6-10-14)21-19(24-13,17(20)18(22)23-2)15-11-7-4-8-12-15/h3-12,17H,1H2,2H3. The van der Waals surface area contributed by atoms with Crippen molar-refractivity contribution < 1.29 is 14.3 Å². The number of carbonyl (C=O) groups excluding carboxylic acids is 1. The fraction of sp³-hybridized carbons (Fsp3) is 0.158. The first-order valence-corrected chi connectivity index (χ1v) is 8.31. The van der Waals surface area contributed by atoms with Gasteiger partial charge < -0.3 is 9.47 Å². The quantitative estimate of drug-likeness (QED) is 0.593. The molecule has 0 bridgehead atoms. The number of hydrogen-bond donors (Lipinski definition) is 0. The van der Waals surface area contributed by atoms with Crippen molar-refractivity contribution in [2.45, 2.75) is 10.6 Å². The minimum absolute atomic E-state index is 0.415. The number of methoxy groups -OCH3 is 1. The van der Waals surface area contributed by atoms with E-state index in [1.165, 1.54) is 7.11 Å². The number of rotatable bonds is 4. The molecule has 0 spiro atoms. The van der Waals surface area contributed by atoms with Crippen LogP contribution in [0.25, 0.3) is 0 Å². The van der Waals surface area contributed by atoms with Gasteiger partial charge in [-0.3, -0.25) is 4.79 Å². The third-order valence-electron chi connectivity index (χ3n) is 3.81. The number of halogens is 1. The minimum Gasteiger partial charge on any atom is -0.468 e. The number of carbonyl (C=O) groups is 1. The van der Waals surface area contributed by atoms with Crippen LogP contribution < -0.4 is 0 Å². The number of ether oxygens (including phenoxy) is 2. The largest absolute Gasteiger partial charge is 0.468 e. The van der Waals surface area contributed by atoms with Gasteiger partial charge in [0.25, 0.3) is 0 Å². The van der Waals surface area contributed by atoms with Gasteiger partial charge in [0.2, 0.25) is 5.72 Å². The van der Waals surface area contributed by atoms with Crippen molar-refractivity contribution in [1.29, 1.82) is 0 Å². The maximum absolute atomic E-state index is 12.2. The molecule has 2 aromatic carbocycles. The lowest BCUT2D eigenvalue weighted by Gasteiger charge is -2.29. The van der Waals surface area contributed by atoms with E-state index in [-0.39, 0.29) is 0 Å². The molecule has 4 nitrogen and oxygen atoms in total. The second-order valence-corrected chi connectivity index (χ2v) is 6.22. The van der Waals surface area contributed by atoms with Crippen molar-refractivity contribution in [3.63, 3.8) is 0 Å². The Morgan fingerprint density at radius 2 is 1.75 bits per heavy atom. The number of hydrogen-bond acceptors (Lipinski definition) is 4. The highest BCUT2D eigenvalue weighted by Crippen LogP contribution is 2.43. The lowest BCUT2D eigenvalue weighted by molar-refractivity contribution is -0.144. The fourth-order valence-corrected chi connectivity index (χ4v) is 3.27. The van der Waals surface area contributed by atoms with Gasteiger partial charge in [0.15, 0.2) is 4.83 Å². The van der Waals surface area contributed by atoms with Crippen LogP contribution in [-0.2, 0) is 20.0 Å². The van der Waals surface area contributed by atoms with E-state index in [9.17, 15) is 4.79 Å². The van der Waals surface area contributed by atoms with Gasteiger partial charge in [-0.2, -0.15) is 0 Å². The summed E-state index contributed by atoms with van der Waals surface area (Å²) in [5.74, 6) is -0.0527. The van der Waals surface area contributed by atoms with E-state index < -0.39 is 16.5 Å². The molecule has 0 aliphatic carbocycles. The molecular formula is C19H16BrNO3. The van der Waals surface area contributed by atoms with Crippen molar-refractivity contribution >= 4 is 27.6 Å². The number of nitrogens with zero attached hydrogens (tertiary/aromatic N) is 1. The van der Waals surface area contributed by atoms with Crippen molar-refractivity contribution in [1.82, 2.24) is 0 Å².